The molecular formula is C11H10F2N2O2. The van der Waals surface area contributed by atoms with Crippen molar-refractivity contribution in [1.29, 1.82) is 0 Å². The van der Waals surface area contributed by atoms with E-state index >= 15 is 0 Å². The summed E-state index contributed by atoms with van der Waals surface area (Å²) in [5.41, 5.74) is 0.268. The van der Waals surface area contributed by atoms with E-state index in [0.29, 0.717) is 0 Å². The number of hydrogen-bond donors (Lipinski definition) is 1. The molecule has 1 heterocycles. The Balaban J connectivity index is 2.19. The number of nitrogens with zero attached hydrogens (tertiary/aromatic N) is 2. The van der Waals surface area contributed by atoms with Crippen molar-refractivity contribution in [2.45, 2.75) is 19.4 Å². The molecule has 1 aromatic carbocycles. The predicted octanol–water partition coefficient (Wildman–Crippen LogP) is 1.99. The van der Waals surface area contributed by atoms with Crippen LogP contribution in [-0.2, 0) is 6.42 Å². The molecule has 0 aliphatic heterocycles. The molecule has 0 saturated heterocycles. The fourth-order valence-electron chi connectivity index (χ4n) is 1.34. The van der Waals surface area contributed by atoms with Gasteiger partial charge in [-0.3, -0.25) is 0 Å². The van der Waals surface area contributed by atoms with Crippen molar-refractivity contribution >= 4 is 0 Å². The third-order valence-electron chi connectivity index (χ3n) is 2.20. The van der Waals surface area contributed by atoms with Crippen LogP contribution in [0.1, 0.15) is 30.3 Å². The van der Waals surface area contributed by atoms with E-state index in [9.17, 15) is 13.9 Å². The fourth-order valence-corrected chi connectivity index (χ4v) is 1.34. The van der Waals surface area contributed by atoms with E-state index in [0.717, 1.165) is 12.1 Å². The van der Waals surface area contributed by atoms with Crippen LogP contribution in [-0.4, -0.2) is 15.2 Å². The Morgan fingerprint density at radius 2 is 2.18 bits per heavy atom. The van der Waals surface area contributed by atoms with E-state index in [1.165, 1.54) is 13.0 Å². The van der Waals surface area contributed by atoms with Crippen molar-refractivity contribution in [3.8, 4) is 0 Å². The van der Waals surface area contributed by atoms with Crippen LogP contribution in [0.4, 0.5) is 8.78 Å². The average Bonchev–Trinajstić information content (AvgIpc) is 2.71. The first-order chi connectivity index (χ1) is 8.06. The Morgan fingerprint density at radius 1 is 1.41 bits per heavy atom. The number of aromatic nitrogens is 2. The fraction of sp³-hybridized carbons (Fsp3) is 0.273. The van der Waals surface area contributed by atoms with Crippen LogP contribution in [0.25, 0.3) is 0 Å². The van der Waals surface area contributed by atoms with Gasteiger partial charge in [-0.1, -0.05) is 11.2 Å². The van der Waals surface area contributed by atoms with Crippen LogP contribution in [0.15, 0.2) is 22.7 Å². The number of benzene rings is 1. The summed E-state index contributed by atoms with van der Waals surface area (Å²) >= 11 is 0. The van der Waals surface area contributed by atoms with Gasteiger partial charge in [-0.15, -0.1) is 0 Å². The van der Waals surface area contributed by atoms with Crippen molar-refractivity contribution < 1.29 is 18.4 Å². The summed E-state index contributed by atoms with van der Waals surface area (Å²) < 4.78 is 30.8. The summed E-state index contributed by atoms with van der Waals surface area (Å²) in [5, 5.41) is 12.8. The van der Waals surface area contributed by atoms with Crippen LogP contribution in [0, 0.1) is 11.6 Å². The molecule has 0 aliphatic rings. The second-order valence-corrected chi connectivity index (χ2v) is 3.64. The number of aliphatic hydroxyl groups excluding tert-OH is 1. The molecule has 90 valence electrons. The summed E-state index contributed by atoms with van der Waals surface area (Å²) in [6.07, 6.45) is -0.781. The molecular weight excluding hydrogens is 230 g/mol. The molecule has 0 bridgehead atoms. The Kier molecular flexibility index (Phi) is 3.14. The van der Waals surface area contributed by atoms with E-state index in [2.05, 4.69) is 10.1 Å². The van der Waals surface area contributed by atoms with Crippen molar-refractivity contribution in [3.63, 3.8) is 0 Å². The number of aliphatic hydroxyl groups is 1. The minimum absolute atomic E-state index is 0.0718. The monoisotopic (exact) mass is 240 g/mol. The molecule has 1 N–H and O–H groups in total. The Labute approximate surface area is 95.9 Å². The van der Waals surface area contributed by atoms with E-state index < -0.39 is 17.7 Å². The maximum atomic E-state index is 13.3. The van der Waals surface area contributed by atoms with Gasteiger partial charge in [0.05, 0.1) is 0 Å². The largest absolute Gasteiger partial charge is 0.384 e. The lowest BCUT2D eigenvalue weighted by molar-refractivity contribution is 0.151. The number of hydrogen-bond acceptors (Lipinski definition) is 4. The topological polar surface area (TPSA) is 59.2 Å². The van der Waals surface area contributed by atoms with Crippen LogP contribution in [0.3, 0.4) is 0 Å². The average molecular weight is 240 g/mol. The van der Waals surface area contributed by atoms with Gasteiger partial charge in [0.1, 0.15) is 17.7 Å². The SMILES string of the molecule is CC(O)c1nc(Cc2ccc(F)cc2F)no1. The van der Waals surface area contributed by atoms with Gasteiger partial charge in [-0.05, 0) is 18.6 Å². The molecule has 0 saturated carbocycles. The maximum absolute atomic E-state index is 13.3. The molecule has 0 amide bonds. The van der Waals surface area contributed by atoms with E-state index in [-0.39, 0.29) is 23.7 Å². The van der Waals surface area contributed by atoms with Gasteiger partial charge >= 0.3 is 0 Å². The Morgan fingerprint density at radius 3 is 2.76 bits per heavy atom. The third-order valence-corrected chi connectivity index (χ3v) is 2.20. The highest BCUT2D eigenvalue weighted by molar-refractivity contribution is 5.21. The molecule has 0 spiro atoms. The highest BCUT2D eigenvalue weighted by Gasteiger charge is 2.13. The standard InChI is InChI=1S/C11H10F2N2O2/c1-6(16)11-14-10(15-17-11)4-7-2-3-8(12)5-9(7)13/h2-3,5-6,16H,4H2,1H3. The summed E-state index contributed by atoms with van der Waals surface area (Å²) in [7, 11) is 0. The van der Waals surface area contributed by atoms with Gasteiger partial charge in [0.15, 0.2) is 5.82 Å². The smallest absolute Gasteiger partial charge is 0.255 e. The first kappa shape index (κ1) is 11.7. The normalized spacial score (nSPS) is 12.7. The van der Waals surface area contributed by atoms with Crippen molar-refractivity contribution in [2.24, 2.45) is 0 Å². The van der Waals surface area contributed by atoms with Gasteiger partial charge in [-0.2, -0.15) is 4.98 Å². The molecule has 1 atom stereocenters. The minimum Gasteiger partial charge on any atom is -0.384 e. The molecule has 1 unspecified atom stereocenters. The first-order valence-corrected chi connectivity index (χ1v) is 5.00. The van der Waals surface area contributed by atoms with E-state index in [1.54, 1.807) is 0 Å². The van der Waals surface area contributed by atoms with Gasteiger partial charge in [0.2, 0.25) is 0 Å². The van der Waals surface area contributed by atoms with Crippen LogP contribution < -0.4 is 0 Å². The van der Waals surface area contributed by atoms with Crippen LogP contribution in [0.5, 0.6) is 0 Å². The number of rotatable bonds is 3. The molecule has 2 aromatic rings. The zero-order valence-corrected chi connectivity index (χ0v) is 9.02. The summed E-state index contributed by atoms with van der Waals surface area (Å²) in [6.45, 7) is 1.48. The zero-order chi connectivity index (χ0) is 12.4. The van der Waals surface area contributed by atoms with Crippen molar-refractivity contribution in [3.05, 3.63) is 47.1 Å². The second kappa shape index (κ2) is 4.58. The second-order valence-electron chi connectivity index (χ2n) is 3.64. The molecule has 0 fully saturated rings. The zero-order valence-electron chi connectivity index (χ0n) is 9.02. The maximum Gasteiger partial charge on any atom is 0.255 e. The molecule has 0 radical (unpaired) electrons. The van der Waals surface area contributed by atoms with Gasteiger partial charge in [0, 0.05) is 12.5 Å². The van der Waals surface area contributed by atoms with Gasteiger partial charge < -0.3 is 9.63 Å². The lowest BCUT2D eigenvalue weighted by Gasteiger charge is -1.99. The molecule has 0 aliphatic carbocycles. The minimum atomic E-state index is -0.866. The molecule has 17 heavy (non-hydrogen) atoms. The lowest BCUT2D eigenvalue weighted by Crippen LogP contribution is -1.96. The predicted molar refractivity (Wildman–Crippen MR) is 54.1 cm³/mol. The Bertz CT molecular complexity index is 526. The first-order valence-electron chi connectivity index (χ1n) is 5.00. The quantitative estimate of drug-likeness (QED) is 0.891. The van der Waals surface area contributed by atoms with Gasteiger partial charge in [-0.25, -0.2) is 8.78 Å². The molecule has 6 heteroatoms. The molecule has 1 aromatic heterocycles. The van der Waals surface area contributed by atoms with Crippen LogP contribution >= 0.6 is 0 Å². The Hall–Kier alpha value is -1.82. The highest BCUT2D eigenvalue weighted by atomic mass is 19.1. The summed E-state index contributed by atoms with van der Waals surface area (Å²) in [4.78, 5) is 3.88. The van der Waals surface area contributed by atoms with Crippen LogP contribution in [0.2, 0.25) is 0 Å². The lowest BCUT2D eigenvalue weighted by atomic mass is 10.1. The summed E-state index contributed by atoms with van der Waals surface area (Å²) in [6, 6.07) is 3.28. The van der Waals surface area contributed by atoms with E-state index in [1.807, 2.05) is 0 Å². The van der Waals surface area contributed by atoms with Gasteiger partial charge in [0.25, 0.3) is 5.89 Å². The van der Waals surface area contributed by atoms with Crippen molar-refractivity contribution in [1.82, 2.24) is 10.1 Å². The molecule has 2 rings (SSSR count). The van der Waals surface area contributed by atoms with E-state index in [4.69, 9.17) is 4.52 Å². The third kappa shape index (κ3) is 2.65. The number of halogens is 2. The van der Waals surface area contributed by atoms with Crippen molar-refractivity contribution in [2.75, 3.05) is 0 Å². The highest BCUT2D eigenvalue weighted by Crippen LogP contribution is 2.15. The molecule has 4 nitrogen and oxygen atoms in total. The summed E-state index contributed by atoms with van der Waals surface area (Å²) in [5.74, 6) is -0.980.